The lowest BCUT2D eigenvalue weighted by Gasteiger charge is -1.85. The first-order chi connectivity index (χ1) is 6.29. The second kappa shape index (κ2) is 5.55. The summed E-state index contributed by atoms with van der Waals surface area (Å²) in [5.41, 5.74) is 0. The molecule has 0 N–H and O–H groups in total. The molecule has 2 heteroatoms. The fourth-order valence-electron chi connectivity index (χ4n) is 0.884. The van der Waals surface area contributed by atoms with E-state index in [1.807, 2.05) is 55.5 Å². The van der Waals surface area contributed by atoms with Crippen molar-refractivity contribution < 1.29 is 0 Å². The van der Waals surface area contributed by atoms with Crippen LogP contribution >= 0.6 is 11.6 Å². The van der Waals surface area contributed by atoms with E-state index in [0.29, 0.717) is 11.2 Å². The molecule has 0 spiro atoms. The van der Waals surface area contributed by atoms with Crippen LogP contribution in [0.4, 0.5) is 0 Å². The average molecular weight is 194 g/mol. The van der Waals surface area contributed by atoms with Crippen LogP contribution in [0.25, 0.3) is 0 Å². The van der Waals surface area contributed by atoms with Gasteiger partial charge >= 0.3 is 0 Å². The Morgan fingerprint density at radius 2 is 1.54 bits per heavy atom. The molecular weight excluding hydrogens is 182 g/mol. The van der Waals surface area contributed by atoms with Gasteiger partial charge < -0.3 is 0 Å². The third-order valence-corrected chi connectivity index (χ3v) is 1.73. The number of rotatable bonds is 0. The predicted molar refractivity (Wildman–Crippen MR) is 58.3 cm³/mol. The first-order valence-corrected chi connectivity index (χ1v) is 4.58. The molecule has 2 rings (SSSR count). The van der Waals surface area contributed by atoms with E-state index in [1.165, 1.54) is 0 Å². The van der Waals surface area contributed by atoms with Gasteiger partial charge in [0, 0.05) is 0 Å². The van der Waals surface area contributed by atoms with E-state index in [9.17, 15) is 0 Å². The monoisotopic (exact) mass is 193 g/mol. The SMILES string of the molecule is CC1C=CC(Cl)=N1.c1ccccc1. The van der Waals surface area contributed by atoms with Gasteiger partial charge in [-0.15, -0.1) is 0 Å². The largest absolute Gasteiger partial charge is 0.266 e. The van der Waals surface area contributed by atoms with Gasteiger partial charge in [0.1, 0.15) is 5.17 Å². The van der Waals surface area contributed by atoms with Crippen molar-refractivity contribution in [1.82, 2.24) is 0 Å². The van der Waals surface area contributed by atoms with Crippen LogP contribution in [-0.2, 0) is 0 Å². The maximum Gasteiger partial charge on any atom is 0.123 e. The molecule has 0 amide bonds. The van der Waals surface area contributed by atoms with Crippen LogP contribution in [0.2, 0.25) is 0 Å². The van der Waals surface area contributed by atoms with Crippen molar-refractivity contribution in [2.24, 2.45) is 4.99 Å². The summed E-state index contributed by atoms with van der Waals surface area (Å²) in [6.45, 7) is 1.99. The summed E-state index contributed by atoms with van der Waals surface area (Å²) < 4.78 is 0. The summed E-state index contributed by atoms with van der Waals surface area (Å²) in [6.07, 6.45) is 3.77. The van der Waals surface area contributed by atoms with E-state index >= 15 is 0 Å². The fourth-order valence-corrected chi connectivity index (χ4v) is 1.11. The van der Waals surface area contributed by atoms with Crippen molar-refractivity contribution in [2.75, 3.05) is 0 Å². The lowest BCUT2D eigenvalue weighted by atomic mass is 10.4. The average Bonchev–Trinajstić information content (AvgIpc) is 2.54. The predicted octanol–water partition coefficient (Wildman–Crippen LogP) is 3.27. The molecule has 1 atom stereocenters. The van der Waals surface area contributed by atoms with Crippen LogP contribution in [0, 0.1) is 0 Å². The Kier molecular flexibility index (Phi) is 4.27. The van der Waals surface area contributed by atoms with Crippen LogP contribution in [0.1, 0.15) is 6.92 Å². The zero-order chi connectivity index (χ0) is 9.52. The van der Waals surface area contributed by atoms with Gasteiger partial charge in [0.05, 0.1) is 6.04 Å². The Morgan fingerprint density at radius 1 is 1.08 bits per heavy atom. The number of hydrogen-bond donors (Lipinski definition) is 0. The van der Waals surface area contributed by atoms with E-state index in [1.54, 1.807) is 0 Å². The normalized spacial score (nSPS) is 18.9. The van der Waals surface area contributed by atoms with Gasteiger partial charge in [0.2, 0.25) is 0 Å². The molecule has 0 bridgehead atoms. The second-order valence-electron chi connectivity index (χ2n) is 2.71. The second-order valence-corrected chi connectivity index (χ2v) is 3.09. The molecule has 0 radical (unpaired) electrons. The third-order valence-electron chi connectivity index (χ3n) is 1.51. The first kappa shape index (κ1) is 10.0. The molecule has 1 aliphatic heterocycles. The summed E-state index contributed by atoms with van der Waals surface area (Å²) in [5, 5.41) is 0.618. The molecule has 0 aliphatic carbocycles. The number of allylic oxidation sites excluding steroid dienone is 1. The van der Waals surface area contributed by atoms with Crippen LogP contribution in [0.15, 0.2) is 53.5 Å². The third kappa shape index (κ3) is 4.48. The van der Waals surface area contributed by atoms with E-state index in [-0.39, 0.29) is 0 Å². The smallest absolute Gasteiger partial charge is 0.123 e. The number of benzene rings is 1. The zero-order valence-electron chi connectivity index (χ0n) is 7.52. The first-order valence-electron chi connectivity index (χ1n) is 4.20. The molecule has 0 saturated carbocycles. The standard InChI is InChI=1S/C6H6.C5H6ClN/c1-2-4-6-5-3-1;1-4-2-3-5(6)7-4/h1-6H;2-4H,1H3. The summed E-state index contributed by atoms with van der Waals surface area (Å²) in [4.78, 5) is 3.96. The maximum atomic E-state index is 5.47. The van der Waals surface area contributed by atoms with Gasteiger partial charge in [0.25, 0.3) is 0 Å². The summed E-state index contributed by atoms with van der Waals surface area (Å²) in [6, 6.07) is 12.3. The molecule has 1 aromatic carbocycles. The Hall–Kier alpha value is -1.08. The molecule has 1 aliphatic rings. The molecule has 0 saturated heterocycles. The Morgan fingerprint density at radius 3 is 1.69 bits per heavy atom. The summed E-state index contributed by atoms with van der Waals surface area (Å²) in [5.74, 6) is 0. The van der Waals surface area contributed by atoms with Crippen LogP contribution in [0.3, 0.4) is 0 Å². The summed E-state index contributed by atoms with van der Waals surface area (Å²) >= 11 is 5.47. The fraction of sp³-hybridized carbons (Fsp3) is 0.182. The lowest BCUT2D eigenvalue weighted by molar-refractivity contribution is 0.949. The van der Waals surface area contributed by atoms with Crippen molar-refractivity contribution in [2.45, 2.75) is 13.0 Å². The highest BCUT2D eigenvalue weighted by atomic mass is 35.5. The Labute approximate surface area is 83.8 Å². The van der Waals surface area contributed by atoms with Crippen molar-refractivity contribution in [3.8, 4) is 0 Å². The molecule has 0 fully saturated rings. The van der Waals surface area contributed by atoms with Crippen molar-refractivity contribution >= 4 is 16.8 Å². The number of aliphatic imine (C=N–C) groups is 1. The molecule has 1 nitrogen and oxygen atoms in total. The summed E-state index contributed by atoms with van der Waals surface area (Å²) in [7, 11) is 0. The van der Waals surface area contributed by atoms with Crippen molar-refractivity contribution in [1.29, 1.82) is 0 Å². The van der Waals surface area contributed by atoms with Gasteiger partial charge in [-0.3, -0.25) is 4.99 Å². The zero-order valence-corrected chi connectivity index (χ0v) is 8.28. The maximum absolute atomic E-state index is 5.47. The van der Waals surface area contributed by atoms with E-state index < -0.39 is 0 Å². The minimum atomic E-state index is 0.299. The molecule has 13 heavy (non-hydrogen) atoms. The number of halogens is 1. The van der Waals surface area contributed by atoms with Gasteiger partial charge in [-0.1, -0.05) is 54.1 Å². The van der Waals surface area contributed by atoms with Gasteiger partial charge in [-0.25, -0.2) is 0 Å². The van der Waals surface area contributed by atoms with Gasteiger partial charge in [-0.05, 0) is 13.0 Å². The minimum absolute atomic E-state index is 0.299. The van der Waals surface area contributed by atoms with Crippen LogP contribution in [-0.4, -0.2) is 11.2 Å². The Bertz CT molecular complexity index is 264. The topological polar surface area (TPSA) is 12.4 Å². The highest BCUT2D eigenvalue weighted by molar-refractivity contribution is 6.68. The minimum Gasteiger partial charge on any atom is -0.266 e. The molecular formula is C11H12ClN. The number of nitrogens with zero attached hydrogens (tertiary/aromatic N) is 1. The highest BCUT2D eigenvalue weighted by Gasteiger charge is 1.99. The van der Waals surface area contributed by atoms with Crippen LogP contribution in [0.5, 0.6) is 0 Å². The molecule has 68 valence electrons. The van der Waals surface area contributed by atoms with E-state index in [4.69, 9.17) is 11.6 Å². The number of hydrogen-bond acceptors (Lipinski definition) is 1. The molecule has 1 aromatic rings. The molecule has 1 unspecified atom stereocenters. The van der Waals surface area contributed by atoms with Crippen molar-refractivity contribution in [3.63, 3.8) is 0 Å². The van der Waals surface area contributed by atoms with Crippen molar-refractivity contribution in [3.05, 3.63) is 48.6 Å². The Balaban J connectivity index is 0.000000132. The lowest BCUT2D eigenvalue weighted by Crippen LogP contribution is -1.84. The van der Waals surface area contributed by atoms with Crippen LogP contribution < -0.4 is 0 Å². The van der Waals surface area contributed by atoms with E-state index in [2.05, 4.69) is 4.99 Å². The highest BCUT2D eigenvalue weighted by Crippen LogP contribution is 2.04. The molecule has 1 heterocycles. The molecule has 0 aromatic heterocycles. The van der Waals surface area contributed by atoms with Gasteiger partial charge in [0.15, 0.2) is 0 Å². The van der Waals surface area contributed by atoms with E-state index in [0.717, 1.165) is 0 Å². The quantitative estimate of drug-likeness (QED) is 0.600. The van der Waals surface area contributed by atoms with Gasteiger partial charge in [-0.2, -0.15) is 0 Å².